The molecule has 0 aromatic heterocycles. The van der Waals surface area contributed by atoms with Crippen LogP contribution >= 0.6 is 0 Å². The van der Waals surface area contributed by atoms with Crippen molar-refractivity contribution >= 4 is 17.8 Å². The normalized spacial score (nSPS) is 10.5. The molecule has 0 aliphatic carbocycles. The number of phenolic OH excluding ortho intramolecular Hbond substituents is 2. The molecule has 0 unspecified atom stereocenters. The van der Waals surface area contributed by atoms with Crippen LogP contribution in [0.4, 0.5) is 5.69 Å². The molecule has 0 radical (unpaired) electrons. The third-order valence-electron chi connectivity index (χ3n) is 2.80. The van der Waals surface area contributed by atoms with Crippen molar-refractivity contribution in [1.82, 2.24) is 5.43 Å². The Bertz CT molecular complexity index is 791. The van der Waals surface area contributed by atoms with Crippen molar-refractivity contribution in [3.05, 3.63) is 58.1 Å². The number of carbonyl (C=O) groups is 1. The Kier molecular flexibility index (Phi) is 5.29. The number of phenols is 2. The van der Waals surface area contributed by atoms with E-state index in [4.69, 9.17) is 4.74 Å². The second-order valence-corrected chi connectivity index (χ2v) is 4.58. The van der Waals surface area contributed by atoms with Crippen LogP contribution in [0.2, 0.25) is 0 Å². The third-order valence-corrected chi connectivity index (χ3v) is 2.80. The van der Waals surface area contributed by atoms with Gasteiger partial charge in [-0.15, -0.1) is 0 Å². The summed E-state index contributed by atoms with van der Waals surface area (Å²) in [6.45, 7) is -0.398. The van der Waals surface area contributed by atoms with Crippen LogP contribution in [0.15, 0.2) is 47.6 Å². The molecule has 0 aliphatic rings. The fourth-order valence-electron chi connectivity index (χ4n) is 1.69. The van der Waals surface area contributed by atoms with Crippen LogP contribution in [0.1, 0.15) is 5.56 Å². The van der Waals surface area contributed by atoms with Gasteiger partial charge in [0.05, 0.1) is 17.2 Å². The number of nitrogens with zero attached hydrogens (tertiary/aromatic N) is 2. The van der Waals surface area contributed by atoms with E-state index in [0.717, 1.165) is 6.21 Å². The van der Waals surface area contributed by atoms with Crippen LogP contribution in [0, 0.1) is 10.1 Å². The molecule has 0 saturated carbocycles. The Hall–Kier alpha value is -3.62. The topological polar surface area (TPSA) is 134 Å². The van der Waals surface area contributed by atoms with E-state index in [0.29, 0.717) is 0 Å². The van der Waals surface area contributed by atoms with Crippen LogP contribution in [0.25, 0.3) is 0 Å². The maximum atomic E-state index is 11.6. The van der Waals surface area contributed by atoms with Crippen molar-refractivity contribution in [1.29, 1.82) is 0 Å². The first-order chi connectivity index (χ1) is 11.5. The zero-order valence-electron chi connectivity index (χ0n) is 12.2. The van der Waals surface area contributed by atoms with Crippen molar-refractivity contribution in [2.24, 2.45) is 5.10 Å². The number of rotatable bonds is 6. The number of non-ortho nitro benzene ring substituents is 1. The number of amides is 1. The minimum absolute atomic E-state index is 0.0606. The predicted octanol–water partition coefficient (Wildman–Crippen LogP) is 1.54. The van der Waals surface area contributed by atoms with E-state index in [1.165, 1.54) is 42.5 Å². The first-order valence-electron chi connectivity index (χ1n) is 6.67. The summed E-state index contributed by atoms with van der Waals surface area (Å²) in [6.07, 6.45) is 1.15. The fourth-order valence-corrected chi connectivity index (χ4v) is 1.69. The lowest BCUT2D eigenvalue weighted by Gasteiger charge is -2.04. The van der Waals surface area contributed by atoms with Gasteiger partial charge in [-0.25, -0.2) is 5.43 Å². The third kappa shape index (κ3) is 4.70. The molecule has 3 N–H and O–H groups in total. The predicted molar refractivity (Wildman–Crippen MR) is 84.1 cm³/mol. The molecule has 2 aromatic rings. The molecule has 0 spiro atoms. The maximum Gasteiger partial charge on any atom is 0.277 e. The molecule has 124 valence electrons. The van der Waals surface area contributed by atoms with Gasteiger partial charge in [-0.1, -0.05) is 6.07 Å². The average molecular weight is 331 g/mol. The van der Waals surface area contributed by atoms with Crippen molar-refractivity contribution in [2.45, 2.75) is 0 Å². The quantitative estimate of drug-likeness (QED) is 0.318. The lowest BCUT2D eigenvalue weighted by atomic mass is 10.2. The number of aromatic hydroxyl groups is 2. The van der Waals surface area contributed by atoms with Gasteiger partial charge in [-0.3, -0.25) is 14.9 Å². The van der Waals surface area contributed by atoms with Crippen molar-refractivity contribution in [3.63, 3.8) is 0 Å². The van der Waals surface area contributed by atoms with E-state index in [9.17, 15) is 25.1 Å². The summed E-state index contributed by atoms with van der Waals surface area (Å²) in [5.74, 6) is -0.598. The minimum Gasteiger partial charge on any atom is -0.508 e. The Balaban J connectivity index is 1.87. The summed E-state index contributed by atoms with van der Waals surface area (Å²) in [6, 6.07) is 9.27. The number of carbonyl (C=O) groups excluding carboxylic acids is 1. The summed E-state index contributed by atoms with van der Waals surface area (Å²) in [4.78, 5) is 21.6. The lowest BCUT2D eigenvalue weighted by Crippen LogP contribution is -2.24. The number of benzene rings is 2. The van der Waals surface area contributed by atoms with Gasteiger partial charge >= 0.3 is 0 Å². The number of nitro benzene ring substituents is 1. The molecule has 2 aromatic carbocycles. The van der Waals surface area contributed by atoms with Gasteiger partial charge in [0.15, 0.2) is 6.61 Å². The number of hydrazone groups is 1. The minimum atomic E-state index is -0.600. The van der Waals surface area contributed by atoms with Crippen molar-refractivity contribution in [3.8, 4) is 17.2 Å². The Labute approximate surface area is 136 Å². The zero-order valence-corrected chi connectivity index (χ0v) is 12.2. The number of nitro groups is 1. The van der Waals surface area contributed by atoms with Gasteiger partial charge in [0.2, 0.25) is 0 Å². The summed E-state index contributed by atoms with van der Waals surface area (Å²) < 4.78 is 5.12. The number of nitrogens with one attached hydrogen (secondary N) is 1. The van der Waals surface area contributed by atoms with Gasteiger partial charge in [-0.2, -0.15) is 5.10 Å². The van der Waals surface area contributed by atoms with Gasteiger partial charge in [0.25, 0.3) is 11.6 Å². The molecular formula is C15H13N3O6. The highest BCUT2D eigenvalue weighted by Crippen LogP contribution is 2.20. The SMILES string of the molecule is O=C(COc1cccc([N+](=O)[O-])c1)NN=Cc1cc(O)ccc1O. The van der Waals surface area contributed by atoms with Crippen molar-refractivity contribution in [2.75, 3.05) is 6.61 Å². The van der Waals surface area contributed by atoms with Crippen LogP contribution in [-0.4, -0.2) is 33.9 Å². The zero-order chi connectivity index (χ0) is 17.5. The molecule has 0 saturated heterocycles. The number of ether oxygens (including phenoxy) is 1. The molecule has 0 bridgehead atoms. The fraction of sp³-hybridized carbons (Fsp3) is 0.0667. The smallest absolute Gasteiger partial charge is 0.277 e. The summed E-state index contributed by atoms with van der Waals surface area (Å²) in [5.41, 5.74) is 2.23. The van der Waals surface area contributed by atoms with E-state index in [1.807, 2.05) is 0 Å². The highest BCUT2D eigenvalue weighted by molar-refractivity contribution is 5.85. The molecule has 9 heteroatoms. The average Bonchev–Trinajstić information content (AvgIpc) is 2.56. The van der Waals surface area contributed by atoms with Gasteiger partial charge in [-0.05, 0) is 24.3 Å². The van der Waals surface area contributed by atoms with E-state index in [-0.39, 0.29) is 28.5 Å². The van der Waals surface area contributed by atoms with Crippen LogP contribution in [0.3, 0.4) is 0 Å². The number of hydrogen-bond donors (Lipinski definition) is 3. The first kappa shape index (κ1) is 16.7. The van der Waals surface area contributed by atoms with E-state index >= 15 is 0 Å². The van der Waals surface area contributed by atoms with E-state index < -0.39 is 17.4 Å². The Morgan fingerprint density at radius 1 is 1.29 bits per heavy atom. The van der Waals surface area contributed by atoms with Crippen LogP contribution in [-0.2, 0) is 4.79 Å². The maximum absolute atomic E-state index is 11.6. The molecule has 2 rings (SSSR count). The molecule has 1 amide bonds. The lowest BCUT2D eigenvalue weighted by molar-refractivity contribution is -0.384. The van der Waals surface area contributed by atoms with Gasteiger partial charge < -0.3 is 14.9 Å². The first-order valence-corrected chi connectivity index (χ1v) is 6.67. The number of hydrogen-bond acceptors (Lipinski definition) is 7. The molecule has 24 heavy (non-hydrogen) atoms. The second kappa shape index (κ2) is 7.58. The molecule has 0 atom stereocenters. The van der Waals surface area contributed by atoms with Crippen LogP contribution in [0.5, 0.6) is 17.2 Å². The summed E-state index contributed by atoms with van der Waals surface area (Å²) in [7, 11) is 0. The molecule has 9 nitrogen and oxygen atoms in total. The summed E-state index contributed by atoms with van der Waals surface area (Å²) in [5, 5.41) is 33.1. The highest BCUT2D eigenvalue weighted by atomic mass is 16.6. The van der Waals surface area contributed by atoms with E-state index in [1.54, 1.807) is 0 Å². The van der Waals surface area contributed by atoms with Crippen LogP contribution < -0.4 is 10.2 Å². The second-order valence-electron chi connectivity index (χ2n) is 4.58. The highest BCUT2D eigenvalue weighted by Gasteiger charge is 2.08. The molecule has 0 aliphatic heterocycles. The standard InChI is InChI=1S/C15H13N3O6/c19-12-4-5-14(20)10(6-12)8-16-17-15(21)9-24-13-3-1-2-11(7-13)18(22)23/h1-8,19-20H,9H2,(H,17,21). The Morgan fingerprint density at radius 3 is 2.83 bits per heavy atom. The largest absolute Gasteiger partial charge is 0.508 e. The molecule has 0 heterocycles. The Morgan fingerprint density at radius 2 is 2.08 bits per heavy atom. The monoisotopic (exact) mass is 331 g/mol. The molecular weight excluding hydrogens is 318 g/mol. The van der Waals surface area contributed by atoms with E-state index in [2.05, 4.69) is 10.5 Å². The van der Waals surface area contributed by atoms with Gasteiger partial charge in [0, 0.05) is 11.6 Å². The summed E-state index contributed by atoms with van der Waals surface area (Å²) >= 11 is 0. The van der Waals surface area contributed by atoms with Gasteiger partial charge in [0.1, 0.15) is 17.2 Å². The van der Waals surface area contributed by atoms with Crippen molar-refractivity contribution < 1.29 is 24.7 Å². The molecule has 0 fully saturated rings.